The second-order valence-corrected chi connectivity index (χ2v) is 25.9. The van der Waals surface area contributed by atoms with E-state index >= 15 is 0 Å². The Morgan fingerprint density at radius 2 is 0.567 bits per heavy atom. The van der Waals surface area contributed by atoms with Crippen LogP contribution in [0.15, 0.2) is 186 Å². The summed E-state index contributed by atoms with van der Waals surface area (Å²) in [7, 11) is 0. The van der Waals surface area contributed by atoms with Gasteiger partial charge in [0.25, 0.3) is 46.7 Å². The van der Waals surface area contributed by atoms with Crippen LogP contribution in [0.5, 0.6) is 0 Å². The van der Waals surface area contributed by atoms with Crippen LogP contribution in [-0.2, 0) is 11.8 Å². The van der Waals surface area contributed by atoms with Crippen LogP contribution >= 0.6 is 0 Å². The van der Waals surface area contributed by atoms with E-state index in [4.69, 9.17) is 39.9 Å². The molecule has 24 rings (SSSR count). The molecule has 16 heteroatoms. The van der Waals surface area contributed by atoms with Crippen molar-refractivity contribution in [1.29, 1.82) is 0 Å². The van der Waals surface area contributed by atoms with Crippen molar-refractivity contribution in [2.75, 3.05) is 0 Å². The highest BCUT2D eigenvalue weighted by atomic mass is 15.7. The average Bonchev–Trinajstić information content (AvgIpc) is 1.45. The van der Waals surface area contributed by atoms with Crippen molar-refractivity contribution in [1.82, 2.24) is 18.3 Å². The van der Waals surface area contributed by atoms with Crippen molar-refractivity contribution in [3.05, 3.63) is 257 Å². The molecule has 8 aromatic carbocycles. The van der Waals surface area contributed by atoms with Crippen LogP contribution in [0.25, 0.3) is 43.1 Å². The van der Waals surface area contributed by atoms with Crippen molar-refractivity contribution in [2.24, 2.45) is 39.9 Å². The van der Waals surface area contributed by atoms with Gasteiger partial charge in [0, 0.05) is 21.5 Å². The number of fused-ring (bicyclic) bond motifs is 24. The summed E-state index contributed by atoms with van der Waals surface area (Å²) in [4.78, 5) is 44.4. The zero-order valence-corrected chi connectivity index (χ0v) is 50.0. The Labute approximate surface area is 510 Å². The molecular formula is C74H48N16+4. The SMILES string of the molecule is Cc1cccc2c1C1=Nc3c4c(C)cccc4c4n3C35n6c(c7cccc(C)c7c6=NC6=[N+]3C(=N4)c3cccc(C)c36)=NC2=[N+]15.Cc1cccc2c1C1=Nc3c4cccc(C)c4c4n3C35n6c(c7cccc(C)c7c6=NC2=[N+]13)=NC1=[N+]5C(=N4)c2cccc(C)c21. The number of hydrogen-bond donors (Lipinski definition) is 0. The highest BCUT2D eigenvalue weighted by molar-refractivity contribution is 6.23. The fourth-order valence-electron chi connectivity index (χ4n) is 17.9. The average molecular weight is 1160 g/mol. The Kier molecular flexibility index (Phi) is 7.54. The number of benzene rings is 8. The number of aromatic nitrogens is 4. The smallest absolute Gasteiger partial charge is 0.192 e. The van der Waals surface area contributed by atoms with Crippen LogP contribution < -0.4 is 22.0 Å². The summed E-state index contributed by atoms with van der Waals surface area (Å²) in [5, 5.41) is 8.95. The van der Waals surface area contributed by atoms with Gasteiger partial charge in [0.15, 0.2) is 0 Å². The van der Waals surface area contributed by atoms with Gasteiger partial charge in [-0.1, -0.05) is 137 Å². The highest BCUT2D eigenvalue weighted by Gasteiger charge is 2.72. The molecule has 0 amide bonds. The Bertz CT molecular complexity index is 6480. The van der Waals surface area contributed by atoms with Gasteiger partial charge >= 0.3 is 11.8 Å². The van der Waals surface area contributed by atoms with Gasteiger partial charge in [-0.15, -0.1) is 18.3 Å². The minimum atomic E-state index is -0.953. The third-order valence-corrected chi connectivity index (χ3v) is 21.4. The fraction of sp³-hybridized carbons (Fsp3) is 0.135. The maximum Gasteiger partial charge on any atom is 0.404 e. The fourth-order valence-corrected chi connectivity index (χ4v) is 17.9. The van der Waals surface area contributed by atoms with Crippen LogP contribution in [0.2, 0.25) is 0 Å². The van der Waals surface area contributed by atoms with Crippen LogP contribution in [0, 0.1) is 55.4 Å². The Balaban J connectivity index is 0.000000116. The van der Waals surface area contributed by atoms with Crippen molar-refractivity contribution in [3.63, 3.8) is 0 Å². The van der Waals surface area contributed by atoms with Gasteiger partial charge < -0.3 is 0 Å². The van der Waals surface area contributed by atoms with E-state index in [0.29, 0.717) is 0 Å². The molecule has 2 spiro atoms. The molecule has 0 aliphatic carbocycles. The van der Waals surface area contributed by atoms with Crippen LogP contribution in [0.3, 0.4) is 0 Å². The number of hydrogen-bond acceptors (Lipinski definition) is 8. The Morgan fingerprint density at radius 1 is 0.256 bits per heavy atom. The molecule has 0 radical (unpaired) electrons. The number of aryl methyl sites for hydroxylation is 8. The van der Waals surface area contributed by atoms with E-state index in [1.54, 1.807) is 0 Å². The molecule has 0 bridgehead atoms. The molecule has 90 heavy (non-hydrogen) atoms. The third kappa shape index (κ3) is 4.58. The summed E-state index contributed by atoms with van der Waals surface area (Å²) in [5.74, 6) is 9.09. The van der Waals surface area contributed by atoms with Gasteiger partial charge in [0.05, 0.1) is 66.1 Å². The minimum Gasteiger partial charge on any atom is -0.192 e. The number of amidine groups is 8. The summed E-state index contributed by atoms with van der Waals surface area (Å²) in [6, 6.07) is 52.1. The first kappa shape index (κ1) is 46.7. The number of nitrogens with zero attached hydrogens (tertiary/aromatic N) is 16. The molecule has 16 heterocycles. The van der Waals surface area contributed by atoms with Crippen LogP contribution in [-0.4, -0.2) is 83.3 Å². The molecule has 4 aromatic heterocycles. The molecule has 2 unspecified atom stereocenters. The van der Waals surface area contributed by atoms with Gasteiger partial charge in [0.2, 0.25) is 45.2 Å². The van der Waals surface area contributed by atoms with E-state index in [2.05, 4.69) is 238 Å². The van der Waals surface area contributed by atoms with Gasteiger partial charge in [-0.2, -0.15) is 18.3 Å². The number of aliphatic imine (C=N–C) groups is 4. The summed E-state index contributed by atoms with van der Waals surface area (Å²) in [5.41, 5.74) is 22.1. The Morgan fingerprint density at radius 3 is 1.02 bits per heavy atom. The molecule has 12 aliphatic heterocycles. The molecule has 12 aliphatic rings. The summed E-state index contributed by atoms with van der Waals surface area (Å²) < 4.78 is 19.0. The topological polar surface area (TPSA) is 131 Å². The van der Waals surface area contributed by atoms with Crippen LogP contribution in [0.1, 0.15) is 89.0 Å². The molecule has 0 fully saturated rings. The summed E-state index contributed by atoms with van der Waals surface area (Å²) in [6.45, 7) is 17.5. The van der Waals surface area contributed by atoms with E-state index in [1.807, 2.05) is 0 Å². The van der Waals surface area contributed by atoms with Crippen LogP contribution in [0.4, 0.5) is 23.3 Å². The molecule has 2 atom stereocenters. The maximum atomic E-state index is 5.57. The first-order chi connectivity index (χ1) is 44.0. The monoisotopic (exact) mass is 1160 g/mol. The standard InChI is InChI=1S/2C37H24N8/c1-17-9-5-13-21-25(17)33-40-34-26-18(2)10-6-14-22(26)31-39-32-24-16-8-12-20(4)28(24)36-41-35-27-19(3)11-7-15-23(27)30-38-29(21)42(33)37(43(31)34,44(30)35)45(32)36;1-17-9-5-13-21-25(17)33-38-30-22-14-6-10-18(2)26(22)35-40-32-24-16-8-12-20(4)28(24)36-41-31-23-15-7-11-19(3)27(23)34-39-29(21)42(33)37(43(30)35,44(31)34)45(32)36/h2*5-16H,1-4H3/q2*+2. The normalized spacial score (nSPS) is 20.1. The predicted octanol–water partition coefficient (Wildman–Crippen LogP) is 9.88. The first-order valence-electron chi connectivity index (χ1n) is 30.9. The minimum absolute atomic E-state index is 0.911. The van der Waals surface area contributed by atoms with Crippen molar-refractivity contribution in [3.8, 4) is 0 Å². The second-order valence-electron chi connectivity index (χ2n) is 25.9. The predicted molar refractivity (Wildman–Crippen MR) is 345 cm³/mol. The van der Waals surface area contributed by atoms with E-state index < -0.39 is 11.8 Å². The zero-order chi connectivity index (χ0) is 59.3. The highest BCUT2D eigenvalue weighted by Crippen LogP contribution is 2.56. The van der Waals surface area contributed by atoms with Crippen molar-refractivity contribution >= 4 is 113 Å². The summed E-state index contributed by atoms with van der Waals surface area (Å²) in [6.07, 6.45) is 0. The lowest BCUT2D eigenvalue weighted by molar-refractivity contribution is -0.791. The first-order valence-corrected chi connectivity index (χ1v) is 30.9. The van der Waals surface area contributed by atoms with Gasteiger partial charge in [-0.05, 0) is 148 Å². The lowest BCUT2D eigenvalue weighted by atomic mass is 10.0. The molecule has 0 saturated heterocycles. The zero-order valence-electron chi connectivity index (χ0n) is 50.0. The lowest BCUT2D eigenvalue weighted by Gasteiger charge is -2.40. The van der Waals surface area contributed by atoms with E-state index in [-0.39, 0.29) is 0 Å². The largest absolute Gasteiger partial charge is 0.404 e. The van der Waals surface area contributed by atoms with Gasteiger partial charge in [-0.25, -0.2) is 0 Å². The lowest BCUT2D eigenvalue weighted by Crippen LogP contribution is -2.71. The molecule has 12 aromatic rings. The maximum absolute atomic E-state index is 5.57. The molecule has 16 nitrogen and oxygen atoms in total. The quantitative estimate of drug-likeness (QED) is 0.134. The Hall–Kier alpha value is -11.5. The van der Waals surface area contributed by atoms with Gasteiger partial charge in [0.1, 0.15) is 0 Å². The van der Waals surface area contributed by atoms with E-state index in [9.17, 15) is 0 Å². The second kappa shape index (κ2) is 14.6. The van der Waals surface area contributed by atoms with E-state index in [1.165, 1.54) is 44.5 Å². The van der Waals surface area contributed by atoms with Crippen molar-refractivity contribution in [2.45, 2.75) is 67.2 Å². The van der Waals surface area contributed by atoms with E-state index in [0.717, 1.165) is 180 Å². The molecule has 0 saturated carbocycles. The summed E-state index contributed by atoms with van der Waals surface area (Å²) >= 11 is 0. The van der Waals surface area contributed by atoms with Crippen molar-refractivity contribution < 1.29 is 18.3 Å². The molecular weight excluding hydrogens is 1110 g/mol. The number of rotatable bonds is 0. The van der Waals surface area contributed by atoms with Gasteiger partial charge in [-0.3, -0.25) is 0 Å². The third-order valence-electron chi connectivity index (χ3n) is 21.4. The molecule has 420 valence electrons. The molecule has 0 N–H and O–H groups in total.